The first-order valence-corrected chi connectivity index (χ1v) is 12.1. The lowest BCUT2D eigenvalue weighted by atomic mass is 10.0. The Labute approximate surface area is 208 Å². The molecule has 3 aliphatic heterocycles. The highest BCUT2D eigenvalue weighted by Crippen LogP contribution is 2.45. The van der Waals surface area contributed by atoms with Crippen molar-refractivity contribution in [1.29, 1.82) is 0 Å². The Morgan fingerprint density at radius 3 is 2.50 bits per heavy atom. The average Bonchev–Trinajstić information content (AvgIpc) is 3.03. The molecule has 0 bridgehead atoms. The Hall–Kier alpha value is -4.33. The predicted molar refractivity (Wildman–Crippen MR) is 133 cm³/mol. The van der Waals surface area contributed by atoms with Crippen molar-refractivity contribution in [2.45, 2.75) is 25.4 Å². The van der Waals surface area contributed by atoms with Crippen LogP contribution in [0.2, 0.25) is 0 Å². The van der Waals surface area contributed by atoms with Crippen LogP contribution in [0.25, 0.3) is 0 Å². The van der Waals surface area contributed by atoms with Crippen LogP contribution in [0.3, 0.4) is 0 Å². The van der Waals surface area contributed by atoms with Crippen LogP contribution < -0.4 is 19.7 Å². The SMILES string of the molecule is O=C(CCCN1C(=O)c2ccccc2N2C(=O)c3ccccc3[C@H]12)Nc1ccc2c(c1)OCCCO2. The molecule has 3 aliphatic rings. The van der Waals surface area contributed by atoms with E-state index in [0.717, 1.165) is 12.0 Å². The highest BCUT2D eigenvalue weighted by Gasteiger charge is 2.47. The zero-order valence-corrected chi connectivity index (χ0v) is 19.6. The average molecular weight is 484 g/mol. The molecule has 0 saturated heterocycles. The first-order chi connectivity index (χ1) is 17.6. The van der Waals surface area contributed by atoms with Crippen molar-refractivity contribution in [2.75, 3.05) is 30.0 Å². The second-order valence-corrected chi connectivity index (χ2v) is 9.02. The maximum absolute atomic E-state index is 13.5. The summed E-state index contributed by atoms with van der Waals surface area (Å²) < 4.78 is 11.3. The van der Waals surface area contributed by atoms with Crippen molar-refractivity contribution >= 4 is 29.1 Å². The molecule has 0 aliphatic carbocycles. The van der Waals surface area contributed by atoms with E-state index in [2.05, 4.69) is 5.32 Å². The molecule has 3 aromatic rings. The zero-order valence-electron chi connectivity index (χ0n) is 19.6. The fourth-order valence-electron chi connectivity index (χ4n) is 5.07. The molecule has 36 heavy (non-hydrogen) atoms. The molecule has 8 heteroatoms. The van der Waals surface area contributed by atoms with Gasteiger partial charge in [-0.3, -0.25) is 19.3 Å². The summed E-state index contributed by atoms with van der Waals surface area (Å²) in [7, 11) is 0. The normalized spacial score (nSPS) is 17.7. The predicted octanol–water partition coefficient (Wildman–Crippen LogP) is 4.38. The van der Waals surface area contributed by atoms with E-state index in [-0.39, 0.29) is 24.1 Å². The number of fused-ring (bicyclic) bond motifs is 6. The molecule has 182 valence electrons. The molecule has 0 fully saturated rings. The third-order valence-corrected chi connectivity index (χ3v) is 6.72. The molecule has 0 aromatic heterocycles. The molecular weight excluding hydrogens is 458 g/mol. The van der Waals surface area contributed by atoms with Gasteiger partial charge in [0.05, 0.1) is 24.5 Å². The Balaban J connectivity index is 1.17. The van der Waals surface area contributed by atoms with Crippen LogP contribution in [0, 0.1) is 0 Å². The molecule has 1 atom stereocenters. The first-order valence-electron chi connectivity index (χ1n) is 12.1. The fraction of sp³-hybridized carbons (Fsp3) is 0.250. The maximum atomic E-state index is 13.5. The number of hydrogen-bond donors (Lipinski definition) is 1. The summed E-state index contributed by atoms with van der Waals surface area (Å²) in [6.45, 7) is 1.51. The molecule has 3 heterocycles. The van der Waals surface area contributed by atoms with Crippen molar-refractivity contribution in [3.05, 3.63) is 83.4 Å². The third kappa shape index (κ3) is 3.75. The number of para-hydroxylation sites is 1. The summed E-state index contributed by atoms with van der Waals surface area (Å²) in [5, 5.41) is 2.90. The van der Waals surface area contributed by atoms with Gasteiger partial charge in [-0.05, 0) is 36.8 Å². The molecule has 6 rings (SSSR count). The van der Waals surface area contributed by atoms with Crippen LogP contribution in [0.1, 0.15) is 51.7 Å². The van der Waals surface area contributed by atoms with Gasteiger partial charge in [0, 0.05) is 42.3 Å². The summed E-state index contributed by atoms with van der Waals surface area (Å²) in [5.74, 6) is 0.874. The van der Waals surface area contributed by atoms with E-state index in [9.17, 15) is 14.4 Å². The second-order valence-electron chi connectivity index (χ2n) is 9.02. The molecule has 3 amide bonds. The van der Waals surface area contributed by atoms with Crippen LogP contribution in [-0.4, -0.2) is 42.4 Å². The highest BCUT2D eigenvalue weighted by atomic mass is 16.5. The smallest absolute Gasteiger partial charge is 0.260 e. The minimum atomic E-state index is -0.513. The number of carbonyl (C=O) groups is 3. The highest BCUT2D eigenvalue weighted by molar-refractivity contribution is 6.16. The number of nitrogens with one attached hydrogen (secondary N) is 1. The van der Waals surface area contributed by atoms with Gasteiger partial charge in [-0.25, -0.2) is 0 Å². The van der Waals surface area contributed by atoms with Crippen LogP contribution >= 0.6 is 0 Å². The van der Waals surface area contributed by atoms with Crippen molar-refractivity contribution < 1.29 is 23.9 Å². The lowest BCUT2D eigenvalue weighted by molar-refractivity contribution is -0.116. The van der Waals surface area contributed by atoms with E-state index in [1.165, 1.54) is 0 Å². The number of benzene rings is 3. The molecule has 0 unspecified atom stereocenters. The lowest BCUT2D eigenvalue weighted by Gasteiger charge is -2.41. The number of hydrogen-bond acceptors (Lipinski definition) is 5. The summed E-state index contributed by atoms with van der Waals surface area (Å²) in [6.07, 6.45) is 0.971. The molecule has 8 nitrogen and oxygen atoms in total. The minimum Gasteiger partial charge on any atom is -0.490 e. The minimum absolute atomic E-state index is 0.118. The maximum Gasteiger partial charge on any atom is 0.260 e. The number of rotatable bonds is 5. The third-order valence-electron chi connectivity index (χ3n) is 6.72. The number of carbonyl (C=O) groups excluding carboxylic acids is 3. The van der Waals surface area contributed by atoms with Crippen molar-refractivity contribution in [3.8, 4) is 11.5 Å². The van der Waals surface area contributed by atoms with E-state index >= 15 is 0 Å². The van der Waals surface area contributed by atoms with Gasteiger partial charge >= 0.3 is 0 Å². The van der Waals surface area contributed by atoms with Gasteiger partial charge in [-0.1, -0.05) is 30.3 Å². The Bertz CT molecular complexity index is 1370. The summed E-state index contributed by atoms with van der Waals surface area (Å²) >= 11 is 0. The van der Waals surface area contributed by atoms with E-state index in [4.69, 9.17) is 9.47 Å². The van der Waals surface area contributed by atoms with Gasteiger partial charge in [0.2, 0.25) is 5.91 Å². The van der Waals surface area contributed by atoms with E-state index in [1.807, 2.05) is 30.3 Å². The van der Waals surface area contributed by atoms with Crippen LogP contribution in [-0.2, 0) is 4.79 Å². The molecule has 0 spiro atoms. The zero-order chi connectivity index (χ0) is 24.6. The largest absolute Gasteiger partial charge is 0.490 e. The Morgan fingerprint density at radius 1 is 0.889 bits per heavy atom. The Morgan fingerprint density at radius 2 is 1.64 bits per heavy atom. The van der Waals surface area contributed by atoms with Crippen molar-refractivity contribution in [2.24, 2.45) is 0 Å². The number of nitrogens with zero attached hydrogens (tertiary/aromatic N) is 2. The molecule has 1 N–H and O–H groups in total. The molecular formula is C28H25N3O5. The summed E-state index contributed by atoms with van der Waals surface area (Å²) in [4.78, 5) is 42.8. The molecule has 0 radical (unpaired) electrons. The van der Waals surface area contributed by atoms with E-state index in [0.29, 0.717) is 60.2 Å². The van der Waals surface area contributed by atoms with E-state index in [1.54, 1.807) is 46.2 Å². The summed E-state index contributed by atoms with van der Waals surface area (Å²) in [5.41, 5.74) is 3.16. The van der Waals surface area contributed by atoms with Crippen LogP contribution in [0.5, 0.6) is 11.5 Å². The topological polar surface area (TPSA) is 88.2 Å². The number of anilines is 2. The van der Waals surface area contributed by atoms with Gasteiger partial charge in [0.15, 0.2) is 11.5 Å². The molecule has 0 saturated carbocycles. The first kappa shape index (κ1) is 22.2. The quantitative estimate of drug-likeness (QED) is 0.582. The monoisotopic (exact) mass is 483 g/mol. The number of amides is 3. The standard InChI is InChI=1S/C28H25N3O5/c32-25(29-18-12-13-23-24(17-18)36-16-6-15-35-23)11-5-14-30-26-19-7-1-2-8-20(19)28(34)31(26)22-10-4-3-9-21(22)27(30)33/h1-4,7-10,12-13,17,26H,5-6,11,14-16H2,(H,29,32)/t26-/m1/s1. The van der Waals surface area contributed by atoms with Crippen molar-refractivity contribution in [1.82, 2.24) is 4.90 Å². The summed E-state index contributed by atoms with van der Waals surface area (Å²) in [6, 6.07) is 19.9. The second kappa shape index (κ2) is 9.03. The molecule has 3 aromatic carbocycles. The Kier molecular flexibility index (Phi) is 5.56. The van der Waals surface area contributed by atoms with Crippen molar-refractivity contribution in [3.63, 3.8) is 0 Å². The van der Waals surface area contributed by atoms with Gasteiger partial charge in [0.25, 0.3) is 11.8 Å². The van der Waals surface area contributed by atoms with Crippen LogP contribution in [0.15, 0.2) is 66.7 Å². The van der Waals surface area contributed by atoms with E-state index < -0.39 is 6.17 Å². The van der Waals surface area contributed by atoms with Gasteiger partial charge in [-0.2, -0.15) is 0 Å². The lowest BCUT2D eigenvalue weighted by Crippen LogP contribution is -2.48. The van der Waals surface area contributed by atoms with Gasteiger partial charge in [-0.15, -0.1) is 0 Å². The fourth-order valence-corrected chi connectivity index (χ4v) is 5.07. The van der Waals surface area contributed by atoms with Gasteiger partial charge < -0.3 is 19.7 Å². The number of ether oxygens (including phenoxy) is 2. The van der Waals surface area contributed by atoms with Crippen LogP contribution in [0.4, 0.5) is 11.4 Å². The van der Waals surface area contributed by atoms with Gasteiger partial charge in [0.1, 0.15) is 6.17 Å².